The van der Waals surface area contributed by atoms with Crippen molar-refractivity contribution in [2.24, 2.45) is 0 Å². The Kier molecular flexibility index (Phi) is 4.29. The Bertz CT molecular complexity index is 623. The molecule has 0 radical (unpaired) electrons. The van der Waals surface area contributed by atoms with Crippen LogP contribution in [0.15, 0.2) is 18.2 Å². The third-order valence-corrected chi connectivity index (χ3v) is 3.54. The van der Waals surface area contributed by atoms with Crippen molar-refractivity contribution in [3.05, 3.63) is 46.0 Å². The second-order valence-electron chi connectivity index (χ2n) is 4.18. The molecule has 0 unspecified atom stereocenters. The number of thiazole rings is 1. The quantitative estimate of drug-likeness (QED) is 0.890. The van der Waals surface area contributed by atoms with E-state index in [2.05, 4.69) is 10.3 Å². The first-order chi connectivity index (χ1) is 9.45. The Balaban J connectivity index is 1.96. The number of rotatable bonds is 5. The lowest BCUT2D eigenvalue weighted by atomic mass is 10.1. The average Bonchev–Trinajstić information content (AvgIpc) is 2.69. The maximum absolute atomic E-state index is 13.0. The number of carboxylic acids is 1. The summed E-state index contributed by atoms with van der Waals surface area (Å²) < 4.78 is 26.0. The van der Waals surface area contributed by atoms with Crippen LogP contribution in [0.4, 0.5) is 13.9 Å². The number of carboxylic acid groups (broad SMARTS) is 1. The Morgan fingerprint density at radius 2 is 2.00 bits per heavy atom. The number of benzene rings is 1. The Labute approximate surface area is 118 Å². The summed E-state index contributed by atoms with van der Waals surface area (Å²) in [5.74, 6) is -2.30. The van der Waals surface area contributed by atoms with Crippen molar-refractivity contribution in [1.82, 2.24) is 4.98 Å². The highest BCUT2D eigenvalue weighted by Gasteiger charge is 2.13. The number of aromatic nitrogens is 1. The second-order valence-corrected chi connectivity index (χ2v) is 5.39. The van der Waals surface area contributed by atoms with Gasteiger partial charge < -0.3 is 10.4 Å². The molecule has 0 atom stereocenters. The summed E-state index contributed by atoms with van der Waals surface area (Å²) in [6.07, 6.45) is 0.412. The molecule has 0 amide bonds. The summed E-state index contributed by atoms with van der Waals surface area (Å²) in [6, 6.07) is 3.35. The molecule has 0 aliphatic rings. The van der Waals surface area contributed by atoms with Crippen LogP contribution in [0.5, 0.6) is 0 Å². The normalized spacial score (nSPS) is 10.6. The van der Waals surface area contributed by atoms with Gasteiger partial charge in [0.2, 0.25) is 0 Å². The van der Waals surface area contributed by atoms with Crippen LogP contribution in [0.25, 0.3) is 0 Å². The van der Waals surface area contributed by atoms with Crippen molar-refractivity contribution in [2.75, 3.05) is 11.9 Å². The van der Waals surface area contributed by atoms with E-state index in [-0.39, 0.29) is 5.69 Å². The largest absolute Gasteiger partial charge is 0.476 e. The van der Waals surface area contributed by atoms with Crippen LogP contribution < -0.4 is 5.32 Å². The molecule has 0 aliphatic heterocycles. The SMILES string of the molecule is Cc1sc(NCCc2cc(F)cc(F)c2)nc1C(=O)O. The van der Waals surface area contributed by atoms with Gasteiger partial charge in [-0.3, -0.25) is 0 Å². The van der Waals surface area contributed by atoms with Gasteiger partial charge in [0, 0.05) is 17.5 Å². The minimum absolute atomic E-state index is 0.0225. The summed E-state index contributed by atoms with van der Waals surface area (Å²) in [7, 11) is 0. The molecule has 106 valence electrons. The highest BCUT2D eigenvalue weighted by atomic mass is 32.1. The highest BCUT2D eigenvalue weighted by Crippen LogP contribution is 2.22. The Hall–Kier alpha value is -2.02. The molecule has 1 aromatic heterocycles. The van der Waals surface area contributed by atoms with E-state index in [9.17, 15) is 13.6 Å². The standard InChI is InChI=1S/C13H12F2N2O2S/c1-7-11(12(18)19)17-13(20-7)16-3-2-8-4-9(14)6-10(15)5-8/h4-6H,2-3H2,1H3,(H,16,17)(H,18,19). The van der Waals surface area contributed by atoms with Crippen LogP contribution in [-0.4, -0.2) is 22.6 Å². The molecule has 7 heteroatoms. The van der Waals surface area contributed by atoms with Crippen LogP contribution in [0.1, 0.15) is 20.9 Å². The first-order valence-corrected chi connectivity index (χ1v) is 6.67. The van der Waals surface area contributed by atoms with E-state index in [0.717, 1.165) is 6.07 Å². The minimum atomic E-state index is -1.07. The lowest BCUT2D eigenvalue weighted by Gasteiger charge is -2.03. The first-order valence-electron chi connectivity index (χ1n) is 5.85. The highest BCUT2D eigenvalue weighted by molar-refractivity contribution is 7.15. The summed E-state index contributed by atoms with van der Waals surface area (Å²) in [6.45, 7) is 2.09. The van der Waals surface area contributed by atoms with E-state index in [1.807, 2.05) is 0 Å². The number of aromatic carboxylic acids is 1. The fourth-order valence-electron chi connectivity index (χ4n) is 1.74. The Morgan fingerprint density at radius 1 is 1.35 bits per heavy atom. The van der Waals surface area contributed by atoms with Gasteiger partial charge in [-0.2, -0.15) is 0 Å². The molecule has 20 heavy (non-hydrogen) atoms. The van der Waals surface area contributed by atoms with Gasteiger partial charge in [-0.1, -0.05) is 0 Å². The molecule has 0 fully saturated rings. The molecule has 0 saturated carbocycles. The predicted molar refractivity (Wildman–Crippen MR) is 72.4 cm³/mol. The van der Waals surface area contributed by atoms with E-state index < -0.39 is 17.6 Å². The van der Waals surface area contributed by atoms with Crippen LogP contribution >= 0.6 is 11.3 Å². The molecule has 2 aromatic rings. The van der Waals surface area contributed by atoms with E-state index in [4.69, 9.17) is 5.11 Å². The van der Waals surface area contributed by atoms with Crippen LogP contribution in [0, 0.1) is 18.6 Å². The molecule has 1 heterocycles. The van der Waals surface area contributed by atoms with Crippen molar-refractivity contribution >= 4 is 22.4 Å². The summed E-state index contributed by atoms with van der Waals surface area (Å²) in [5.41, 5.74) is 0.552. The van der Waals surface area contributed by atoms with Gasteiger partial charge in [-0.05, 0) is 31.0 Å². The van der Waals surface area contributed by atoms with Gasteiger partial charge in [0.15, 0.2) is 10.8 Å². The molecular formula is C13H12F2N2O2S. The van der Waals surface area contributed by atoms with Crippen molar-refractivity contribution in [3.8, 4) is 0 Å². The van der Waals surface area contributed by atoms with Crippen LogP contribution in [0.2, 0.25) is 0 Å². The predicted octanol–water partition coefficient (Wildman–Crippen LogP) is 3.08. The summed E-state index contributed by atoms with van der Waals surface area (Å²) in [4.78, 5) is 15.4. The van der Waals surface area contributed by atoms with Crippen LogP contribution in [0.3, 0.4) is 0 Å². The van der Waals surface area contributed by atoms with E-state index in [0.29, 0.717) is 28.5 Å². The minimum Gasteiger partial charge on any atom is -0.476 e. The zero-order chi connectivity index (χ0) is 14.7. The molecule has 2 rings (SSSR count). The van der Waals surface area contributed by atoms with Gasteiger partial charge in [0.05, 0.1) is 0 Å². The lowest BCUT2D eigenvalue weighted by Crippen LogP contribution is -2.06. The zero-order valence-corrected chi connectivity index (χ0v) is 11.4. The smallest absolute Gasteiger partial charge is 0.355 e. The molecule has 0 bridgehead atoms. The summed E-state index contributed by atoms with van der Waals surface area (Å²) >= 11 is 1.23. The van der Waals surface area contributed by atoms with E-state index in [1.54, 1.807) is 6.92 Å². The van der Waals surface area contributed by atoms with Gasteiger partial charge in [-0.15, -0.1) is 11.3 Å². The van der Waals surface area contributed by atoms with Gasteiger partial charge in [0.25, 0.3) is 0 Å². The number of hydrogen-bond donors (Lipinski definition) is 2. The second kappa shape index (κ2) is 5.96. The number of anilines is 1. The molecule has 4 nitrogen and oxygen atoms in total. The van der Waals surface area contributed by atoms with E-state index in [1.165, 1.54) is 23.5 Å². The number of halogens is 2. The third-order valence-electron chi connectivity index (χ3n) is 2.61. The lowest BCUT2D eigenvalue weighted by molar-refractivity contribution is 0.0690. The van der Waals surface area contributed by atoms with E-state index >= 15 is 0 Å². The molecule has 0 aliphatic carbocycles. The van der Waals surface area contributed by atoms with Gasteiger partial charge in [0.1, 0.15) is 11.6 Å². The molecular weight excluding hydrogens is 286 g/mol. The fourth-order valence-corrected chi connectivity index (χ4v) is 2.57. The van der Waals surface area contributed by atoms with Gasteiger partial charge >= 0.3 is 5.97 Å². The number of hydrogen-bond acceptors (Lipinski definition) is 4. The zero-order valence-electron chi connectivity index (χ0n) is 10.6. The van der Waals surface area contributed by atoms with Crippen molar-refractivity contribution in [1.29, 1.82) is 0 Å². The van der Waals surface area contributed by atoms with Crippen molar-refractivity contribution < 1.29 is 18.7 Å². The average molecular weight is 298 g/mol. The number of nitrogens with one attached hydrogen (secondary N) is 1. The van der Waals surface area contributed by atoms with Gasteiger partial charge in [-0.25, -0.2) is 18.6 Å². The van der Waals surface area contributed by atoms with Crippen LogP contribution in [-0.2, 0) is 6.42 Å². The number of nitrogens with zero attached hydrogens (tertiary/aromatic N) is 1. The molecule has 2 N–H and O–H groups in total. The molecule has 1 aromatic carbocycles. The topological polar surface area (TPSA) is 62.2 Å². The maximum atomic E-state index is 13.0. The maximum Gasteiger partial charge on any atom is 0.355 e. The van der Waals surface area contributed by atoms with Crippen molar-refractivity contribution in [2.45, 2.75) is 13.3 Å². The molecule has 0 spiro atoms. The third kappa shape index (κ3) is 3.51. The fraction of sp³-hybridized carbons (Fsp3) is 0.231. The number of aryl methyl sites for hydroxylation is 1. The first kappa shape index (κ1) is 14.4. The van der Waals surface area contributed by atoms with Crippen molar-refractivity contribution in [3.63, 3.8) is 0 Å². The number of carbonyl (C=O) groups is 1. The summed E-state index contributed by atoms with van der Waals surface area (Å²) in [5, 5.41) is 12.3. The monoisotopic (exact) mass is 298 g/mol. The Morgan fingerprint density at radius 3 is 2.55 bits per heavy atom. The molecule has 0 saturated heterocycles.